The van der Waals surface area contributed by atoms with Crippen LogP contribution in [0.3, 0.4) is 0 Å². The molecule has 0 aliphatic heterocycles. The van der Waals surface area contributed by atoms with Gasteiger partial charge in [0.25, 0.3) is 5.82 Å². The van der Waals surface area contributed by atoms with Gasteiger partial charge in [0, 0.05) is 6.04 Å². The average Bonchev–Trinajstić information content (AvgIpc) is 3.10. The molecule has 1 aromatic rings. The summed E-state index contributed by atoms with van der Waals surface area (Å²) >= 11 is 0. The van der Waals surface area contributed by atoms with Crippen LogP contribution >= 0.6 is 0 Å². The molecule has 1 atom stereocenters. The largest absolute Gasteiger partial charge is 0.295 e. The summed E-state index contributed by atoms with van der Waals surface area (Å²) in [6.07, 6.45) is 3.63. The molecule has 0 aromatic carbocycles. The van der Waals surface area contributed by atoms with Crippen LogP contribution in [0.5, 0.6) is 0 Å². The zero-order valence-electron chi connectivity index (χ0n) is 10.6. The predicted octanol–water partition coefficient (Wildman–Crippen LogP) is 0.820. The van der Waals surface area contributed by atoms with Crippen LogP contribution in [0.25, 0.3) is 0 Å². The summed E-state index contributed by atoms with van der Waals surface area (Å²) in [5.74, 6) is 0.502. The molecule has 18 heavy (non-hydrogen) atoms. The Hall–Kier alpha value is -1.92. The molecule has 0 amide bonds. The lowest BCUT2D eigenvalue weighted by Gasteiger charge is -2.30. The molecule has 6 heteroatoms. The van der Waals surface area contributed by atoms with Gasteiger partial charge in [0.15, 0.2) is 0 Å². The topological polar surface area (TPSA) is 90.3 Å². The Labute approximate surface area is 106 Å². The second kappa shape index (κ2) is 4.75. The third-order valence-corrected chi connectivity index (χ3v) is 3.07. The molecule has 0 radical (unpaired) electrons. The first kappa shape index (κ1) is 12.5. The fourth-order valence-corrected chi connectivity index (χ4v) is 2.22. The van der Waals surface area contributed by atoms with Crippen molar-refractivity contribution in [1.29, 1.82) is 10.5 Å². The number of nitrogens with zero attached hydrogens (tertiary/aromatic N) is 5. The molecule has 1 heterocycles. The zero-order chi connectivity index (χ0) is 13.2. The van der Waals surface area contributed by atoms with Gasteiger partial charge in [0.05, 0.1) is 12.6 Å². The van der Waals surface area contributed by atoms with E-state index in [0.717, 1.165) is 12.8 Å². The molecule has 94 valence electrons. The van der Waals surface area contributed by atoms with E-state index >= 15 is 0 Å². The fourth-order valence-electron chi connectivity index (χ4n) is 2.22. The molecule has 1 aliphatic rings. The van der Waals surface area contributed by atoms with Gasteiger partial charge in [-0.2, -0.15) is 10.5 Å². The minimum atomic E-state index is -0.603. The summed E-state index contributed by atoms with van der Waals surface area (Å²) in [6, 6.07) is 4.52. The van der Waals surface area contributed by atoms with Crippen molar-refractivity contribution in [3.63, 3.8) is 0 Å². The number of hydrogen-bond acceptors (Lipinski definition) is 5. The minimum Gasteiger partial charge on any atom is -0.295 e. The van der Waals surface area contributed by atoms with Gasteiger partial charge in [0.1, 0.15) is 17.9 Å². The fraction of sp³-hybridized carbons (Fsp3) is 0.667. The molecule has 0 saturated heterocycles. The van der Waals surface area contributed by atoms with Crippen LogP contribution in [-0.4, -0.2) is 26.3 Å². The Morgan fingerprint density at radius 3 is 2.72 bits per heavy atom. The van der Waals surface area contributed by atoms with Crippen molar-refractivity contribution >= 4 is 0 Å². The maximum atomic E-state index is 9.52. The van der Waals surface area contributed by atoms with Gasteiger partial charge in [0.2, 0.25) is 0 Å². The lowest BCUT2D eigenvalue weighted by Crippen LogP contribution is -2.52. The summed E-state index contributed by atoms with van der Waals surface area (Å²) < 4.78 is 1.58. The van der Waals surface area contributed by atoms with Crippen LogP contribution in [0, 0.1) is 28.6 Å². The Morgan fingerprint density at radius 2 is 2.28 bits per heavy atom. The van der Waals surface area contributed by atoms with Gasteiger partial charge in [-0.05, 0) is 32.6 Å². The molecule has 6 nitrogen and oxygen atoms in total. The Bertz CT molecular complexity index is 501. The van der Waals surface area contributed by atoms with E-state index in [1.165, 1.54) is 6.33 Å². The van der Waals surface area contributed by atoms with Crippen LogP contribution in [0.1, 0.15) is 32.5 Å². The standard InChI is InChI=1S/C12H16N6/c1-9(2)16-12(6-14,10-3-4-10)7-18-8-15-11(5-13)17-18/h8-10,16H,3-4,7H2,1-2H3. The normalized spacial score (nSPS) is 18.1. The molecule has 0 spiro atoms. The highest BCUT2D eigenvalue weighted by atomic mass is 15.3. The highest BCUT2D eigenvalue weighted by molar-refractivity contribution is 5.16. The number of nitrogens with one attached hydrogen (secondary N) is 1. The maximum Gasteiger partial charge on any atom is 0.252 e. The molecular weight excluding hydrogens is 228 g/mol. The van der Waals surface area contributed by atoms with Gasteiger partial charge in [-0.1, -0.05) is 0 Å². The summed E-state index contributed by atoms with van der Waals surface area (Å²) in [4.78, 5) is 3.87. The summed E-state index contributed by atoms with van der Waals surface area (Å²) in [6.45, 7) is 4.48. The number of rotatable bonds is 5. The molecule has 0 bridgehead atoms. The second-order valence-electron chi connectivity index (χ2n) is 5.03. The van der Waals surface area contributed by atoms with Gasteiger partial charge in [-0.25, -0.2) is 9.67 Å². The lowest BCUT2D eigenvalue weighted by molar-refractivity contribution is 0.283. The van der Waals surface area contributed by atoms with E-state index in [4.69, 9.17) is 5.26 Å². The Balaban J connectivity index is 2.19. The van der Waals surface area contributed by atoms with Crippen molar-refractivity contribution in [2.24, 2.45) is 5.92 Å². The monoisotopic (exact) mass is 244 g/mol. The van der Waals surface area contributed by atoms with Crippen LogP contribution in [0.15, 0.2) is 6.33 Å². The average molecular weight is 244 g/mol. The summed E-state index contributed by atoms with van der Waals surface area (Å²) in [5.41, 5.74) is -0.603. The molecule has 1 unspecified atom stereocenters. The third kappa shape index (κ3) is 2.49. The molecule has 1 fully saturated rings. The van der Waals surface area contributed by atoms with Crippen LogP contribution < -0.4 is 5.32 Å². The van der Waals surface area contributed by atoms with Crippen molar-refractivity contribution in [1.82, 2.24) is 20.1 Å². The molecule has 2 rings (SSSR count). The van der Waals surface area contributed by atoms with Crippen molar-refractivity contribution in [3.8, 4) is 12.1 Å². The van der Waals surface area contributed by atoms with E-state index in [2.05, 4.69) is 21.5 Å². The van der Waals surface area contributed by atoms with Crippen molar-refractivity contribution in [3.05, 3.63) is 12.2 Å². The van der Waals surface area contributed by atoms with E-state index in [0.29, 0.717) is 12.5 Å². The SMILES string of the molecule is CC(C)NC(C#N)(Cn1cnc(C#N)n1)C1CC1. The number of nitriles is 2. The zero-order valence-corrected chi connectivity index (χ0v) is 10.6. The van der Waals surface area contributed by atoms with Crippen LogP contribution in [0.2, 0.25) is 0 Å². The van der Waals surface area contributed by atoms with Crippen molar-refractivity contribution < 1.29 is 0 Å². The first-order valence-electron chi connectivity index (χ1n) is 6.08. The van der Waals surface area contributed by atoms with Gasteiger partial charge < -0.3 is 0 Å². The van der Waals surface area contributed by atoms with Crippen molar-refractivity contribution in [2.75, 3.05) is 0 Å². The predicted molar refractivity (Wildman–Crippen MR) is 64.1 cm³/mol. The van der Waals surface area contributed by atoms with Crippen LogP contribution in [-0.2, 0) is 6.54 Å². The van der Waals surface area contributed by atoms with Crippen LogP contribution in [0.4, 0.5) is 0 Å². The van der Waals surface area contributed by atoms with Gasteiger partial charge >= 0.3 is 0 Å². The molecule has 1 aliphatic carbocycles. The van der Waals surface area contributed by atoms with E-state index in [-0.39, 0.29) is 11.9 Å². The first-order chi connectivity index (χ1) is 8.59. The van der Waals surface area contributed by atoms with Crippen molar-refractivity contribution in [2.45, 2.75) is 44.8 Å². The van der Waals surface area contributed by atoms with E-state index < -0.39 is 5.54 Å². The molecule has 1 saturated carbocycles. The summed E-state index contributed by atoms with van der Waals surface area (Å²) in [7, 11) is 0. The van der Waals surface area contributed by atoms with E-state index in [9.17, 15) is 5.26 Å². The molecular formula is C12H16N6. The smallest absolute Gasteiger partial charge is 0.252 e. The van der Waals surface area contributed by atoms with Gasteiger partial charge in [-0.3, -0.25) is 5.32 Å². The number of aromatic nitrogens is 3. The highest BCUT2D eigenvalue weighted by Gasteiger charge is 2.46. The molecule has 1 N–H and O–H groups in total. The summed E-state index contributed by atoms with van der Waals surface area (Å²) in [5, 5.41) is 25.6. The van der Waals surface area contributed by atoms with E-state index in [1.807, 2.05) is 19.9 Å². The minimum absolute atomic E-state index is 0.141. The number of hydrogen-bond donors (Lipinski definition) is 1. The Morgan fingerprint density at radius 1 is 1.56 bits per heavy atom. The maximum absolute atomic E-state index is 9.52. The second-order valence-corrected chi connectivity index (χ2v) is 5.03. The third-order valence-electron chi connectivity index (χ3n) is 3.07. The van der Waals surface area contributed by atoms with E-state index in [1.54, 1.807) is 4.68 Å². The Kier molecular flexibility index (Phi) is 3.31. The molecule has 1 aromatic heterocycles. The lowest BCUT2D eigenvalue weighted by atomic mass is 9.94. The quantitative estimate of drug-likeness (QED) is 0.828. The first-order valence-corrected chi connectivity index (χ1v) is 6.08. The van der Waals surface area contributed by atoms with Gasteiger partial charge in [-0.15, -0.1) is 5.10 Å². The highest BCUT2D eigenvalue weighted by Crippen LogP contribution is 2.40.